The summed E-state index contributed by atoms with van der Waals surface area (Å²) >= 11 is 1.26. The number of carbonyl (C=O) groups excluding carboxylic acids is 2. The van der Waals surface area contributed by atoms with Crippen molar-refractivity contribution in [2.24, 2.45) is 0 Å². The van der Waals surface area contributed by atoms with Gasteiger partial charge in [0.25, 0.3) is 0 Å². The fourth-order valence-electron chi connectivity index (χ4n) is 2.79. The molecular formula is C22H23N3O6S2. The molecule has 3 rings (SSSR count). The number of esters is 1. The first-order chi connectivity index (χ1) is 15.8. The van der Waals surface area contributed by atoms with Crippen LogP contribution in [-0.4, -0.2) is 38.4 Å². The number of ether oxygens (including phenoxy) is 2. The van der Waals surface area contributed by atoms with E-state index < -0.39 is 22.0 Å². The Hall–Kier alpha value is -3.28. The van der Waals surface area contributed by atoms with E-state index >= 15 is 0 Å². The summed E-state index contributed by atoms with van der Waals surface area (Å²) in [7, 11) is -2.32. The van der Waals surface area contributed by atoms with Crippen molar-refractivity contribution < 1.29 is 27.5 Å². The van der Waals surface area contributed by atoms with Crippen molar-refractivity contribution in [3.05, 3.63) is 70.7 Å². The standard InChI is InChI=1S/C22H23N3O6S2/c1-15(25-33(28,29)17-8-4-3-5-9-17)22(27)31-13-16-14-32-21(23-16)12-20(26)24-18-10-6-7-11-19(18)30-2/h3-11,14-15,25H,12-13H2,1-2H3,(H,24,26). The van der Waals surface area contributed by atoms with Crippen LogP contribution in [0.4, 0.5) is 5.69 Å². The number of nitrogens with one attached hydrogen (secondary N) is 2. The first-order valence-corrected chi connectivity index (χ1v) is 12.2. The molecule has 2 N–H and O–H groups in total. The predicted molar refractivity (Wildman–Crippen MR) is 123 cm³/mol. The van der Waals surface area contributed by atoms with Crippen LogP contribution >= 0.6 is 11.3 Å². The fraction of sp³-hybridized carbons (Fsp3) is 0.227. The highest BCUT2D eigenvalue weighted by atomic mass is 32.2. The molecule has 174 valence electrons. The van der Waals surface area contributed by atoms with Gasteiger partial charge in [0.05, 0.1) is 29.8 Å². The lowest BCUT2D eigenvalue weighted by Gasteiger charge is -2.13. The molecule has 11 heteroatoms. The molecule has 0 fully saturated rings. The number of methoxy groups -OCH3 is 1. The van der Waals surface area contributed by atoms with Crippen molar-refractivity contribution in [1.82, 2.24) is 9.71 Å². The van der Waals surface area contributed by atoms with Gasteiger partial charge in [0.15, 0.2) is 0 Å². The van der Waals surface area contributed by atoms with Gasteiger partial charge in [-0.2, -0.15) is 4.72 Å². The average molecular weight is 490 g/mol. The summed E-state index contributed by atoms with van der Waals surface area (Å²) in [6.07, 6.45) is 0.0456. The van der Waals surface area contributed by atoms with Gasteiger partial charge in [0.1, 0.15) is 23.4 Å². The second-order valence-corrected chi connectivity index (χ2v) is 9.58. The topological polar surface area (TPSA) is 124 Å². The van der Waals surface area contributed by atoms with Crippen molar-refractivity contribution in [3.8, 4) is 5.75 Å². The van der Waals surface area contributed by atoms with Gasteiger partial charge in [0, 0.05) is 5.38 Å². The molecule has 1 aromatic heterocycles. The fourth-order valence-corrected chi connectivity index (χ4v) is 4.79. The van der Waals surface area contributed by atoms with Crippen LogP contribution in [0.25, 0.3) is 0 Å². The second kappa shape index (κ2) is 11.0. The van der Waals surface area contributed by atoms with Crippen LogP contribution in [0.15, 0.2) is 64.9 Å². The molecule has 0 aliphatic carbocycles. The van der Waals surface area contributed by atoms with E-state index in [4.69, 9.17) is 9.47 Å². The molecule has 1 atom stereocenters. The summed E-state index contributed by atoms with van der Waals surface area (Å²) in [5.74, 6) is -0.450. The zero-order chi connectivity index (χ0) is 23.8. The third kappa shape index (κ3) is 6.85. The molecule has 3 aromatic rings. The Kier molecular flexibility index (Phi) is 8.15. The third-order valence-electron chi connectivity index (χ3n) is 4.39. The van der Waals surface area contributed by atoms with Crippen LogP contribution in [0.2, 0.25) is 0 Å². The zero-order valence-electron chi connectivity index (χ0n) is 18.0. The Morgan fingerprint density at radius 2 is 1.79 bits per heavy atom. The van der Waals surface area contributed by atoms with Gasteiger partial charge >= 0.3 is 5.97 Å². The number of benzene rings is 2. The molecule has 1 unspecified atom stereocenters. The summed E-state index contributed by atoms with van der Waals surface area (Å²) in [5, 5.41) is 5.00. The number of carbonyl (C=O) groups is 2. The number of rotatable bonds is 10. The molecule has 0 radical (unpaired) electrons. The molecular weight excluding hydrogens is 466 g/mol. The molecule has 0 aliphatic heterocycles. The molecule has 1 heterocycles. The molecule has 0 saturated heterocycles. The molecule has 33 heavy (non-hydrogen) atoms. The van der Waals surface area contributed by atoms with Crippen LogP contribution < -0.4 is 14.8 Å². The van der Waals surface area contributed by atoms with Gasteiger partial charge in [-0.1, -0.05) is 30.3 Å². The van der Waals surface area contributed by atoms with Crippen molar-refractivity contribution in [3.63, 3.8) is 0 Å². The number of thiazole rings is 1. The quantitative estimate of drug-likeness (QED) is 0.420. The molecule has 9 nitrogen and oxygen atoms in total. The average Bonchev–Trinajstić information content (AvgIpc) is 3.25. The minimum atomic E-state index is -3.85. The Labute approximate surface area is 195 Å². The number of anilines is 1. The van der Waals surface area contributed by atoms with Crippen molar-refractivity contribution in [2.45, 2.75) is 30.9 Å². The first-order valence-electron chi connectivity index (χ1n) is 9.88. The number of nitrogens with zero attached hydrogens (tertiary/aromatic N) is 1. The van der Waals surface area contributed by atoms with E-state index in [-0.39, 0.29) is 23.8 Å². The van der Waals surface area contributed by atoms with Crippen LogP contribution in [0, 0.1) is 0 Å². The summed E-state index contributed by atoms with van der Waals surface area (Å²) in [4.78, 5) is 28.9. The van der Waals surface area contributed by atoms with Gasteiger partial charge in [-0.05, 0) is 31.2 Å². The Bertz CT molecular complexity index is 1210. The third-order valence-corrected chi connectivity index (χ3v) is 6.85. The van der Waals surface area contributed by atoms with Crippen LogP contribution in [0.1, 0.15) is 17.6 Å². The highest BCUT2D eigenvalue weighted by Gasteiger charge is 2.23. The van der Waals surface area contributed by atoms with Crippen LogP contribution in [-0.2, 0) is 37.4 Å². The van der Waals surface area contributed by atoms with Crippen molar-refractivity contribution >= 4 is 38.9 Å². The summed E-state index contributed by atoms with van der Waals surface area (Å²) in [6.45, 7) is 1.26. The largest absolute Gasteiger partial charge is 0.495 e. The van der Waals surface area contributed by atoms with Crippen LogP contribution in [0.5, 0.6) is 5.75 Å². The van der Waals surface area contributed by atoms with E-state index in [9.17, 15) is 18.0 Å². The van der Waals surface area contributed by atoms with Gasteiger partial charge in [-0.3, -0.25) is 9.59 Å². The van der Waals surface area contributed by atoms with E-state index in [1.54, 1.807) is 47.8 Å². The van der Waals surface area contributed by atoms with E-state index in [0.717, 1.165) is 0 Å². The summed E-state index contributed by atoms with van der Waals surface area (Å²) in [5.41, 5.74) is 1.02. The zero-order valence-corrected chi connectivity index (χ0v) is 19.6. The maximum Gasteiger partial charge on any atom is 0.324 e. The SMILES string of the molecule is COc1ccccc1NC(=O)Cc1nc(COC(=O)C(C)NS(=O)(=O)c2ccccc2)cs1. The normalized spacial score (nSPS) is 12.1. The first kappa shape index (κ1) is 24.4. The van der Waals surface area contributed by atoms with E-state index in [2.05, 4.69) is 15.0 Å². The monoisotopic (exact) mass is 489 g/mol. The molecule has 2 aromatic carbocycles. The van der Waals surface area contributed by atoms with Crippen molar-refractivity contribution in [2.75, 3.05) is 12.4 Å². The highest BCUT2D eigenvalue weighted by molar-refractivity contribution is 7.89. The van der Waals surface area contributed by atoms with Gasteiger partial charge in [-0.15, -0.1) is 11.3 Å². The number of sulfonamides is 1. The van der Waals surface area contributed by atoms with Gasteiger partial charge in [-0.25, -0.2) is 13.4 Å². The maximum atomic E-state index is 12.3. The second-order valence-electron chi connectivity index (χ2n) is 6.92. The predicted octanol–water partition coefficient (Wildman–Crippen LogP) is 2.74. The van der Waals surface area contributed by atoms with Crippen molar-refractivity contribution in [1.29, 1.82) is 0 Å². The van der Waals surface area contributed by atoms with Gasteiger partial charge in [0.2, 0.25) is 15.9 Å². The number of amides is 1. The molecule has 0 spiro atoms. The molecule has 0 aliphatic rings. The van der Waals surface area contributed by atoms with E-state index in [1.807, 2.05) is 0 Å². The lowest BCUT2D eigenvalue weighted by atomic mass is 10.3. The number of aromatic nitrogens is 1. The molecule has 1 amide bonds. The summed E-state index contributed by atoms with van der Waals surface area (Å²) < 4.78 is 37.3. The van der Waals surface area contributed by atoms with E-state index in [1.165, 1.54) is 37.5 Å². The Morgan fingerprint density at radius 3 is 2.52 bits per heavy atom. The highest BCUT2D eigenvalue weighted by Crippen LogP contribution is 2.23. The van der Waals surface area contributed by atoms with Gasteiger partial charge < -0.3 is 14.8 Å². The lowest BCUT2D eigenvalue weighted by molar-refractivity contribution is -0.146. The Balaban J connectivity index is 1.50. The molecule has 0 saturated carbocycles. The Morgan fingerprint density at radius 1 is 1.09 bits per heavy atom. The number of para-hydroxylation sites is 2. The smallest absolute Gasteiger partial charge is 0.324 e. The lowest BCUT2D eigenvalue weighted by Crippen LogP contribution is -2.39. The maximum absolute atomic E-state index is 12.3. The molecule has 0 bridgehead atoms. The van der Waals surface area contributed by atoms with E-state index in [0.29, 0.717) is 22.1 Å². The number of hydrogen-bond acceptors (Lipinski definition) is 8. The number of hydrogen-bond donors (Lipinski definition) is 2. The summed E-state index contributed by atoms with van der Waals surface area (Å²) in [6, 6.07) is 13.7. The van der Waals surface area contributed by atoms with Crippen LogP contribution in [0.3, 0.4) is 0 Å². The minimum Gasteiger partial charge on any atom is -0.495 e. The minimum absolute atomic E-state index is 0.0456.